The fourth-order valence-corrected chi connectivity index (χ4v) is 5.72. The third-order valence-electron chi connectivity index (χ3n) is 7.81. The molecule has 1 fully saturated rings. The topological polar surface area (TPSA) is 199 Å². The molecular weight excluding hydrogens is 582 g/mol. The number of esters is 1. The van der Waals surface area contributed by atoms with Gasteiger partial charge < -0.3 is 32.6 Å². The molecule has 3 rings (SSSR count). The van der Waals surface area contributed by atoms with Gasteiger partial charge in [-0.15, -0.1) is 0 Å². The van der Waals surface area contributed by atoms with Gasteiger partial charge >= 0.3 is 5.97 Å². The van der Waals surface area contributed by atoms with Crippen molar-refractivity contribution >= 4 is 41.2 Å². The van der Waals surface area contributed by atoms with Crippen LogP contribution in [0.4, 0.5) is 0 Å². The maximum absolute atomic E-state index is 14.1. The number of benzene rings is 2. The molecule has 0 saturated heterocycles. The van der Waals surface area contributed by atoms with Gasteiger partial charge in [0.25, 0.3) is 0 Å². The Kier molecular flexibility index (Phi) is 13.5. The molecule has 0 spiro atoms. The van der Waals surface area contributed by atoms with Crippen LogP contribution in [-0.4, -0.2) is 54.8 Å². The molecule has 9 N–H and O–H groups in total. The monoisotopic (exact) mass is 625 g/mol. The van der Waals surface area contributed by atoms with Gasteiger partial charge in [-0.3, -0.25) is 20.0 Å². The number of carbonyl (C=O) groups is 3. The molecule has 12 heteroatoms. The summed E-state index contributed by atoms with van der Waals surface area (Å²) in [6, 6.07) is 12.5. The quantitative estimate of drug-likeness (QED) is 0.0755. The van der Waals surface area contributed by atoms with Crippen molar-refractivity contribution in [1.29, 1.82) is 5.41 Å². The number of nitrogens with zero attached hydrogens (tertiary/aromatic N) is 1. The number of ether oxygens (including phenoxy) is 1. The number of amidine groups is 1. The highest BCUT2D eigenvalue weighted by atomic mass is 35.5. The number of guanidine groups is 1. The van der Waals surface area contributed by atoms with E-state index in [2.05, 4.69) is 15.6 Å². The van der Waals surface area contributed by atoms with Crippen molar-refractivity contribution in [2.45, 2.75) is 76.3 Å². The summed E-state index contributed by atoms with van der Waals surface area (Å²) in [6.07, 6.45) is 5.57. The van der Waals surface area contributed by atoms with Gasteiger partial charge in [0, 0.05) is 17.1 Å². The second-order valence-corrected chi connectivity index (χ2v) is 11.5. The zero-order chi connectivity index (χ0) is 32.1. The molecule has 2 aromatic carbocycles. The van der Waals surface area contributed by atoms with Crippen LogP contribution in [0, 0.1) is 11.3 Å². The zero-order valence-electron chi connectivity index (χ0n) is 25.2. The second kappa shape index (κ2) is 17.2. The first-order valence-electron chi connectivity index (χ1n) is 15.1. The number of aliphatic imine (C=N–C) groups is 1. The lowest BCUT2D eigenvalue weighted by Gasteiger charge is -2.32. The van der Waals surface area contributed by atoms with E-state index in [0.717, 1.165) is 37.7 Å². The molecule has 0 aliphatic heterocycles. The van der Waals surface area contributed by atoms with Crippen LogP contribution in [0.5, 0.6) is 0 Å². The molecule has 238 valence electrons. The van der Waals surface area contributed by atoms with E-state index in [1.165, 1.54) is 0 Å². The van der Waals surface area contributed by atoms with E-state index >= 15 is 0 Å². The third-order valence-corrected chi connectivity index (χ3v) is 8.04. The Morgan fingerprint density at radius 1 is 1.02 bits per heavy atom. The first kappa shape index (κ1) is 34.4. The number of halogens is 1. The van der Waals surface area contributed by atoms with Crippen LogP contribution in [-0.2, 0) is 25.5 Å². The summed E-state index contributed by atoms with van der Waals surface area (Å²) in [6.45, 7) is 2.16. The number of nitrogens with one attached hydrogen (secondary N) is 3. The summed E-state index contributed by atoms with van der Waals surface area (Å²) in [5, 5.41) is 14.1. The Morgan fingerprint density at radius 2 is 1.73 bits per heavy atom. The smallest absolute Gasteiger partial charge is 0.328 e. The lowest BCUT2D eigenvalue weighted by Crippen LogP contribution is -2.55. The number of rotatable bonds is 15. The number of carbonyl (C=O) groups excluding carboxylic acids is 3. The van der Waals surface area contributed by atoms with Crippen molar-refractivity contribution in [3.8, 4) is 0 Å². The number of nitrogens with two attached hydrogens (primary N) is 3. The van der Waals surface area contributed by atoms with Gasteiger partial charge in [0.05, 0.1) is 12.5 Å². The van der Waals surface area contributed by atoms with Crippen LogP contribution in [0.15, 0.2) is 53.5 Å². The normalized spacial score (nSPS) is 15.3. The fourth-order valence-electron chi connectivity index (χ4n) is 5.52. The second-order valence-electron chi connectivity index (χ2n) is 11.1. The molecule has 0 heterocycles. The highest BCUT2D eigenvalue weighted by Crippen LogP contribution is 2.29. The minimum absolute atomic E-state index is 0.0422. The number of nitrogen functional groups attached to an aromatic ring is 1. The minimum Gasteiger partial charge on any atom is -0.464 e. The van der Waals surface area contributed by atoms with Gasteiger partial charge in [-0.2, -0.15) is 0 Å². The maximum Gasteiger partial charge on any atom is 0.328 e. The third kappa shape index (κ3) is 10.6. The van der Waals surface area contributed by atoms with Gasteiger partial charge in [0.2, 0.25) is 11.8 Å². The molecule has 2 amide bonds. The van der Waals surface area contributed by atoms with Crippen LogP contribution in [0.2, 0.25) is 5.02 Å². The Morgan fingerprint density at radius 3 is 2.34 bits per heavy atom. The summed E-state index contributed by atoms with van der Waals surface area (Å²) in [4.78, 5) is 44.7. The molecule has 0 bridgehead atoms. The number of hydrogen-bond donors (Lipinski definition) is 6. The predicted molar refractivity (Wildman–Crippen MR) is 172 cm³/mol. The van der Waals surface area contributed by atoms with E-state index in [0.29, 0.717) is 35.5 Å². The average Bonchev–Trinajstić information content (AvgIpc) is 3.00. The van der Waals surface area contributed by atoms with Gasteiger partial charge in [-0.05, 0) is 68.2 Å². The van der Waals surface area contributed by atoms with Gasteiger partial charge in [-0.1, -0.05) is 67.3 Å². The Hall–Kier alpha value is -4.12. The van der Waals surface area contributed by atoms with Crippen molar-refractivity contribution in [1.82, 2.24) is 10.6 Å². The van der Waals surface area contributed by atoms with Crippen molar-refractivity contribution in [3.63, 3.8) is 0 Å². The predicted octanol–water partition coefficient (Wildman–Crippen LogP) is 3.12. The Bertz CT molecular complexity index is 1310. The lowest BCUT2D eigenvalue weighted by atomic mass is 9.82. The molecule has 1 unspecified atom stereocenters. The molecule has 44 heavy (non-hydrogen) atoms. The average molecular weight is 626 g/mol. The van der Waals surface area contributed by atoms with Crippen LogP contribution in [0.1, 0.15) is 74.5 Å². The molecule has 2 aromatic rings. The van der Waals surface area contributed by atoms with E-state index in [1.807, 2.05) is 18.2 Å². The highest BCUT2D eigenvalue weighted by Gasteiger charge is 2.35. The Balaban J connectivity index is 1.87. The number of amides is 2. The van der Waals surface area contributed by atoms with Crippen LogP contribution in [0.25, 0.3) is 0 Å². The van der Waals surface area contributed by atoms with Crippen molar-refractivity contribution < 1.29 is 19.1 Å². The zero-order valence-corrected chi connectivity index (χ0v) is 25.9. The van der Waals surface area contributed by atoms with Crippen LogP contribution < -0.4 is 27.8 Å². The molecule has 1 aliphatic rings. The summed E-state index contributed by atoms with van der Waals surface area (Å²) in [5.74, 6) is -2.14. The van der Waals surface area contributed by atoms with E-state index in [4.69, 9.17) is 38.9 Å². The first-order chi connectivity index (χ1) is 21.1. The largest absolute Gasteiger partial charge is 0.464 e. The first-order valence-corrected chi connectivity index (χ1v) is 15.5. The minimum atomic E-state index is -0.914. The van der Waals surface area contributed by atoms with Gasteiger partial charge in [0.15, 0.2) is 5.96 Å². The maximum atomic E-state index is 14.1. The van der Waals surface area contributed by atoms with Crippen LogP contribution in [0.3, 0.4) is 0 Å². The van der Waals surface area contributed by atoms with E-state index < -0.39 is 29.9 Å². The molecule has 0 radical (unpaired) electrons. The Labute approximate surface area is 263 Å². The van der Waals surface area contributed by atoms with E-state index in [1.54, 1.807) is 37.3 Å². The van der Waals surface area contributed by atoms with E-state index in [9.17, 15) is 14.4 Å². The summed E-state index contributed by atoms with van der Waals surface area (Å²) in [5.41, 5.74) is 18.6. The fraction of sp³-hybridized carbons (Fsp3) is 0.469. The molecule has 11 nitrogen and oxygen atoms in total. The summed E-state index contributed by atoms with van der Waals surface area (Å²) < 4.78 is 5.23. The SMILES string of the molecule is CCOC(=O)[C@H](CCCN=C(N)N)NC(=O)[C@@H](NC(=O)C(Cc1ccc(C(=N)N)cc1)c1cccc(Cl)c1)C1CCCCC1. The van der Waals surface area contributed by atoms with Gasteiger partial charge in [-0.25, -0.2) is 4.79 Å². The molecule has 1 aliphatic carbocycles. The van der Waals surface area contributed by atoms with Gasteiger partial charge in [0.1, 0.15) is 17.9 Å². The molecule has 0 aromatic heterocycles. The lowest BCUT2D eigenvalue weighted by molar-refractivity contribution is -0.148. The van der Waals surface area contributed by atoms with Crippen LogP contribution >= 0.6 is 11.6 Å². The molecular formula is C32H44ClN7O4. The highest BCUT2D eigenvalue weighted by molar-refractivity contribution is 6.30. The van der Waals surface area contributed by atoms with Crippen molar-refractivity contribution in [2.24, 2.45) is 28.1 Å². The van der Waals surface area contributed by atoms with E-state index in [-0.39, 0.29) is 36.6 Å². The van der Waals surface area contributed by atoms with Crippen molar-refractivity contribution in [2.75, 3.05) is 13.2 Å². The molecule has 1 saturated carbocycles. The summed E-state index contributed by atoms with van der Waals surface area (Å²) >= 11 is 6.31. The number of hydrogen-bond acceptors (Lipinski definition) is 6. The standard InChI is InChI=1S/C32H44ClN7O4/c1-2-44-31(43)26(12-7-17-38-32(36)37)39-30(42)27(21-8-4-3-5-9-21)40-29(41)25(23-10-6-11-24(33)19-23)18-20-13-15-22(16-14-20)28(34)35/h6,10-11,13-16,19,21,25-27H,2-5,7-9,12,17-18H2,1H3,(H3,34,35)(H,39,42)(H,40,41)(H4,36,37,38)/t25?,26-,27-/m0/s1. The molecule has 3 atom stereocenters. The van der Waals surface area contributed by atoms with Crippen molar-refractivity contribution in [3.05, 3.63) is 70.2 Å². The summed E-state index contributed by atoms with van der Waals surface area (Å²) in [7, 11) is 0.